The molecule has 2 N–H and O–H groups in total. The van der Waals surface area contributed by atoms with Gasteiger partial charge in [-0.3, -0.25) is 9.59 Å². The number of anilines is 2. The molecule has 0 aromatic heterocycles. The van der Waals surface area contributed by atoms with Gasteiger partial charge in [-0.25, -0.2) is 8.78 Å². The fraction of sp³-hybridized carbons (Fsp3) is 0.0476. The quantitative estimate of drug-likeness (QED) is 0.549. The Morgan fingerprint density at radius 3 is 1.33 bits per heavy atom. The Kier molecular flexibility index (Phi) is 5.81. The Balaban J connectivity index is 1.88. The van der Waals surface area contributed by atoms with Crippen molar-refractivity contribution in [1.82, 2.24) is 0 Å². The molecule has 4 nitrogen and oxygen atoms in total. The highest BCUT2D eigenvalue weighted by atomic mass is 19.4. The van der Waals surface area contributed by atoms with Crippen molar-refractivity contribution in [2.75, 3.05) is 10.6 Å². The van der Waals surface area contributed by atoms with E-state index in [2.05, 4.69) is 10.6 Å². The van der Waals surface area contributed by atoms with Gasteiger partial charge in [-0.15, -0.1) is 0 Å². The zero-order valence-electron chi connectivity index (χ0n) is 15.1. The number of amides is 2. The Morgan fingerprint density at radius 2 is 1.00 bits per heavy atom. The summed E-state index contributed by atoms with van der Waals surface area (Å²) in [4.78, 5) is 24.5. The van der Waals surface area contributed by atoms with E-state index in [1.807, 2.05) is 0 Å². The Labute approximate surface area is 167 Å². The van der Waals surface area contributed by atoms with Crippen molar-refractivity contribution in [2.24, 2.45) is 0 Å². The highest BCUT2D eigenvalue weighted by molar-refractivity contribution is 6.06. The standard InChI is InChI=1S/C21H13F5N2O2/c22-15-5-1-12(2-6-15)19(29)27-17-9-14(21(24,25)26)10-18(11-17)28-20(30)13-3-7-16(23)8-4-13/h1-11H,(H,27,29)(H,28,30). The van der Waals surface area contributed by atoms with E-state index in [1.165, 1.54) is 24.3 Å². The SMILES string of the molecule is O=C(Nc1cc(NC(=O)c2ccc(F)cc2)cc(C(F)(F)F)c1)c1ccc(F)cc1. The van der Waals surface area contributed by atoms with Gasteiger partial charge in [0.15, 0.2) is 0 Å². The minimum Gasteiger partial charge on any atom is -0.322 e. The maximum atomic E-state index is 13.2. The molecule has 0 saturated heterocycles. The Hall–Kier alpha value is -3.75. The van der Waals surface area contributed by atoms with E-state index in [-0.39, 0.29) is 22.5 Å². The van der Waals surface area contributed by atoms with E-state index < -0.39 is 35.2 Å². The maximum absolute atomic E-state index is 13.2. The largest absolute Gasteiger partial charge is 0.416 e. The number of hydrogen-bond acceptors (Lipinski definition) is 2. The monoisotopic (exact) mass is 420 g/mol. The van der Waals surface area contributed by atoms with Crippen LogP contribution in [0, 0.1) is 11.6 Å². The van der Waals surface area contributed by atoms with Crippen LogP contribution in [-0.4, -0.2) is 11.8 Å². The van der Waals surface area contributed by atoms with Crippen molar-refractivity contribution in [3.8, 4) is 0 Å². The molecule has 0 aliphatic carbocycles. The lowest BCUT2D eigenvalue weighted by Crippen LogP contribution is -2.16. The summed E-state index contributed by atoms with van der Waals surface area (Å²) in [6, 6.07) is 11.4. The molecule has 0 bridgehead atoms. The summed E-state index contributed by atoms with van der Waals surface area (Å²) in [5.41, 5.74) is -1.49. The first kappa shape index (κ1) is 21.0. The van der Waals surface area contributed by atoms with Crippen LogP contribution in [0.2, 0.25) is 0 Å². The van der Waals surface area contributed by atoms with Crippen LogP contribution in [0.15, 0.2) is 66.7 Å². The highest BCUT2D eigenvalue weighted by Crippen LogP contribution is 2.33. The van der Waals surface area contributed by atoms with Crippen LogP contribution in [0.5, 0.6) is 0 Å². The average molecular weight is 420 g/mol. The summed E-state index contributed by atoms with van der Waals surface area (Å²) in [5, 5.41) is 4.58. The molecule has 0 spiro atoms. The molecule has 3 aromatic carbocycles. The lowest BCUT2D eigenvalue weighted by molar-refractivity contribution is -0.137. The maximum Gasteiger partial charge on any atom is 0.416 e. The van der Waals surface area contributed by atoms with Crippen LogP contribution in [0.4, 0.5) is 33.3 Å². The number of carbonyl (C=O) groups is 2. The predicted molar refractivity (Wildman–Crippen MR) is 100 cm³/mol. The molecule has 154 valence electrons. The molecule has 2 amide bonds. The van der Waals surface area contributed by atoms with Gasteiger partial charge in [-0.2, -0.15) is 13.2 Å². The van der Waals surface area contributed by atoms with Gasteiger partial charge in [0.1, 0.15) is 11.6 Å². The first-order valence-corrected chi connectivity index (χ1v) is 8.48. The van der Waals surface area contributed by atoms with Crippen LogP contribution in [0.25, 0.3) is 0 Å². The van der Waals surface area contributed by atoms with Gasteiger partial charge in [0.25, 0.3) is 11.8 Å². The fourth-order valence-corrected chi connectivity index (χ4v) is 2.54. The van der Waals surface area contributed by atoms with E-state index in [0.29, 0.717) is 12.1 Å². The van der Waals surface area contributed by atoms with Gasteiger partial charge in [-0.05, 0) is 66.7 Å². The van der Waals surface area contributed by atoms with E-state index in [0.717, 1.165) is 30.3 Å². The number of nitrogens with one attached hydrogen (secondary N) is 2. The van der Waals surface area contributed by atoms with Crippen LogP contribution < -0.4 is 10.6 Å². The van der Waals surface area contributed by atoms with Crippen LogP contribution in [-0.2, 0) is 6.18 Å². The lowest BCUT2D eigenvalue weighted by atomic mass is 10.1. The third-order valence-electron chi connectivity index (χ3n) is 3.99. The molecule has 0 aliphatic rings. The molecule has 0 radical (unpaired) electrons. The third kappa shape index (κ3) is 5.19. The Bertz CT molecular complexity index is 1000. The van der Waals surface area contributed by atoms with Gasteiger partial charge in [-0.1, -0.05) is 0 Å². The van der Waals surface area contributed by atoms with Crippen LogP contribution in [0.1, 0.15) is 26.3 Å². The molecule has 9 heteroatoms. The zero-order valence-corrected chi connectivity index (χ0v) is 15.1. The molecular formula is C21H13F5N2O2. The molecule has 30 heavy (non-hydrogen) atoms. The topological polar surface area (TPSA) is 58.2 Å². The molecule has 0 fully saturated rings. The average Bonchev–Trinajstić information content (AvgIpc) is 2.68. The van der Waals surface area contributed by atoms with Gasteiger partial charge in [0, 0.05) is 22.5 Å². The number of benzene rings is 3. The van der Waals surface area contributed by atoms with E-state index in [4.69, 9.17) is 0 Å². The molecule has 0 saturated carbocycles. The van der Waals surface area contributed by atoms with Crippen LogP contribution >= 0.6 is 0 Å². The van der Waals surface area contributed by atoms with Gasteiger partial charge >= 0.3 is 6.18 Å². The number of hydrogen-bond donors (Lipinski definition) is 2. The minimum absolute atomic E-state index is 0.0331. The normalized spacial score (nSPS) is 11.1. The van der Waals surface area contributed by atoms with Crippen molar-refractivity contribution in [3.63, 3.8) is 0 Å². The third-order valence-corrected chi connectivity index (χ3v) is 3.99. The summed E-state index contributed by atoms with van der Waals surface area (Å²) in [5.74, 6) is -2.66. The summed E-state index contributed by atoms with van der Waals surface area (Å²) in [6.07, 6.45) is -4.74. The smallest absolute Gasteiger partial charge is 0.322 e. The molecule has 3 rings (SSSR count). The number of halogens is 5. The lowest BCUT2D eigenvalue weighted by Gasteiger charge is -2.14. The second-order valence-electron chi connectivity index (χ2n) is 6.22. The highest BCUT2D eigenvalue weighted by Gasteiger charge is 2.31. The van der Waals surface area contributed by atoms with Crippen molar-refractivity contribution >= 4 is 23.2 Å². The Morgan fingerprint density at radius 1 is 0.633 bits per heavy atom. The molecule has 0 atom stereocenters. The van der Waals surface area contributed by atoms with Crippen molar-refractivity contribution < 1.29 is 31.5 Å². The predicted octanol–water partition coefficient (Wildman–Crippen LogP) is 5.49. The van der Waals surface area contributed by atoms with E-state index in [1.54, 1.807) is 0 Å². The first-order valence-electron chi connectivity index (χ1n) is 8.48. The number of carbonyl (C=O) groups excluding carboxylic acids is 2. The molecule has 0 unspecified atom stereocenters. The summed E-state index contributed by atoms with van der Waals surface area (Å²) in [6.45, 7) is 0. The van der Waals surface area contributed by atoms with Crippen LogP contribution in [0.3, 0.4) is 0 Å². The fourth-order valence-electron chi connectivity index (χ4n) is 2.54. The summed E-state index contributed by atoms with van der Waals surface area (Å²) < 4.78 is 65.7. The van der Waals surface area contributed by atoms with E-state index in [9.17, 15) is 31.5 Å². The van der Waals surface area contributed by atoms with Crippen molar-refractivity contribution in [2.45, 2.75) is 6.18 Å². The van der Waals surface area contributed by atoms with Crippen molar-refractivity contribution in [3.05, 3.63) is 95.1 Å². The zero-order chi connectivity index (χ0) is 21.9. The molecule has 3 aromatic rings. The van der Waals surface area contributed by atoms with Gasteiger partial charge in [0.05, 0.1) is 5.56 Å². The van der Waals surface area contributed by atoms with Gasteiger partial charge < -0.3 is 10.6 Å². The second-order valence-corrected chi connectivity index (χ2v) is 6.22. The number of alkyl halides is 3. The van der Waals surface area contributed by atoms with E-state index >= 15 is 0 Å². The van der Waals surface area contributed by atoms with Gasteiger partial charge in [0.2, 0.25) is 0 Å². The summed E-state index contributed by atoms with van der Waals surface area (Å²) in [7, 11) is 0. The minimum atomic E-state index is -4.74. The molecular weight excluding hydrogens is 407 g/mol. The first-order chi connectivity index (χ1) is 14.1. The summed E-state index contributed by atoms with van der Waals surface area (Å²) >= 11 is 0. The second kappa shape index (κ2) is 8.32. The number of rotatable bonds is 4. The van der Waals surface area contributed by atoms with Crippen molar-refractivity contribution in [1.29, 1.82) is 0 Å². The molecule has 0 heterocycles. The molecule has 0 aliphatic heterocycles.